The van der Waals surface area contributed by atoms with E-state index < -0.39 is 0 Å². The largest absolute Gasteiger partial charge is 0.493 e. The van der Waals surface area contributed by atoms with Crippen LogP contribution in [-0.2, 0) is 0 Å². The van der Waals surface area contributed by atoms with Gasteiger partial charge in [-0.2, -0.15) is 0 Å². The van der Waals surface area contributed by atoms with Crippen LogP contribution in [0.2, 0.25) is 0 Å². The second kappa shape index (κ2) is 7.62. The Balaban J connectivity index is 1.89. The molecule has 1 aromatic heterocycles. The Kier molecular flexibility index (Phi) is 5.30. The van der Waals surface area contributed by atoms with Crippen molar-refractivity contribution in [2.75, 3.05) is 24.6 Å². The van der Waals surface area contributed by atoms with Crippen LogP contribution >= 0.6 is 0 Å². The summed E-state index contributed by atoms with van der Waals surface area (Å²) in [5.41, 5.74) is 2.08. The van der Waals surface area contributed by atoms with Crippen molar-refractivity contribution < 1.29 is 9.84 Å². The maximum Gasteiger partial charge on any atom is 0.165 e. The molecule has 0 amide bonds. The summed E-state index contributed by atoms with van der Waals surface area (Å²) < 4.78 is 5.94. The van der Waals surface area contributed by atoms with E-state index in [2.05, 4.69) is 29.8 Å². The number of β-amino-alcohol motifs (C(OH)–C–C–N with tert-alkyl or cyclic N) is 1. The molecule has 1 N–H and O–H groups in total. The zero-order valence-corrected chi connectivity index (χ0v) is 14.4. The number of aliphatic hydroxyl groups is 1. The van der Waals surface area contributed by atoms with Gasteiger partial charge in [0.25, 0.3) is 0 Å². The molecule has 0 saturated carbocycles. The summed E-state index contributed by atoms with van der Waals surface area (Å²) in [7, 11) is 0. The first-order valence-electron chi connectivity index (χ1n) is 8.67. The van der Waals surface area contributed by atoms with E-state index in [1.54, 1.807) is 6.20 Å². The summed E-state index contributed by atoms with van der Waals surface area (Å²) in [5, 5.41) is 9.74. The third kappa shape index (κ3) is 3.85. The molecule has 24 heavy (non-hydrogen) atoms. The third-order valence-electron chi connectivity index (χ3n) is 4.26. The summed E-state index contributed by atoms with van der Waals surface area (Å²) >= 11 is 0. The lowest BCUT2D eigenvalue weighted by atomic mass is 10.1. The van der Waals surface area contributed by atoms with Gasteiger partial charge in [0.2, 0.25) is 0 Å². The van der Waals surface area contributed by atoms with Gasteiger partial charge in [-0.3, -0.25) is 0 Å². The van der Waals surface area contributed by atoms with Crippen molar-refractivity contribution >= 4 is 5.82 Å². The molecule has 2 aromatic rings. The Morgan fingerprint density at radius 2 is 2.21 bits per heavy atom. The van der Waals surface area contributed by atoms with Gasteiger partial charge in [0, 0.05) is 19.3 Å². The summed E-state index contributed by atoms with van der Waals surface area (Å²) in [5.74, 6) is 2.36. The van der Waals surface area contributed by atoms with E-state index in [9.17, 15) is 5.11 Å². The number of hydrogen-bond donors (Lipinski definition) is 1. The maximum absolute atomic E-state index is 9.74. The van der Waals surface area contributed by atoms with Crippen LogP contribution in [0.3, 0.4) is 0 Å². The number of rotatable bonds is 6. The fourth-order valence-corrected chi connectivity index (χ4v) is 2.88. The Bertz CT molecular complexity index is 690. The predicted octanol–water partition coefficient (Wildman–Crippen LogP) is 3.20. The SMILES string of the molecule is CCCCOc1ccc(C)cc1-c1nccc(N2CC[C@@H](O)C2)n1. The van der Waals surface area contributed by atoms with Gasteiger partial charge in [0.05, 0.1) is 18.3 Å². The average molecular weight is 327 g/mol. The molecular weight excluding hydrogens is 302 g/mol. The molecule has 0 unspecified atom stereocenters. The van der Waals surface area contributed by atoms with Crippen LogP contribution in [0.1, 0.15) is 31.7 Å². The van der Waals surface area contributed by atoms with Crippen LogP contribution in [0.25, 0.3) is 11.4 Å². The van der Waals surface area contributed by atoms with E-state index in [0.717, 1.165) is 48.5 Å². The molecule has 1 atom stereocenters. The number of aryl methyl sites for hydroxylation is 1. The van der Waals surface area contributed by atoms with Crippen molar-refractivity contribution in [2.24, 2.45) is 0 Å². The zero-order chi connectivity index (χ0) is 16.9. The minimum absolute atomic E-state index is 0.268. The van der Waals surface area contributed by atoms with Crippen LogP contribution in [0.5, 0.6) is 5.75 Å². The standard InChI is InChI=1S/C19H25N3O2/c1-3-4-11-24-17-6-5-14(2)12-16(17)19-20-9-7-18(21-19)22-10-8-15(23)13-22/h5-7,9,12,15,23H,3-4,8,10-11,13H2,1-2H3/t15-/m1/s1. The van der Waals surface area contributed by atoms with E-state index in [4.69, 9.17) is 9.72 Å². The number of nitrogens with zero attached hydrogens (tertiary/aromatic N) is 3. The summed E-state index contributed by atoms with van der Waals surface area (Å²) in [6.07, 6.45) is 4.43. The second-order valence-corrected chi connectivity index (χ2v) is 6.33. The minimum atomic E-state index is -0.268. The minimum Gasteiger partial charge on any atom is -0.493 e. The van der Waals surface area contributed by atoms with Gasteiger partial charge in [-0.25, -0.2) is 9.97 Å². The number of aliphatic hydroxyl groups excluding tert-OH is 1. The van der Waals surface area contributed by atoms with E-state index >= 15 is 0 Å². The normalized spacial score (nSPS) is 17.3. The Labute approximate surface area is 143 Å². The number of benzene rings is 1. The molecular formula is C19H25N3O2. The molecule has 0 aliphatic carbocycles. The summed E-state index contributed by atoms with van der Waals surface area (Å²) in [6.45, 7) is 6.36. The first kappa shape index (κ1) is 16.7. The molecule has 1 aromatic carbocycles. The van der Waals surface area contributed by atoms with E-state index in [1.165, 1.54) is 0 Å². The highest BCUT2D eigenvalue weighted by atomic mass is 16.5. The van der Waals surface area contributed by atoms with Gasteiger partial charge in [0.1, 0.15) is 11.6 Å². The lowest BCUT2D eigenvalue weighted by molar-refractivity contribution is 0.198. The number of aromatic nitrogens is 2. The van der Waals surface area contributed by atoms with E-state index in [1.807, 2.05) is 18.2 Å². The molecule has 1 fully saturated rings. The molecule has 1 aliphatic heterocycles. The van der Waals surface area contributed by atoms with Crippen LogP contribution in [0, 0.1) is 6.92 Å². The lowest BCUT2D eigenvalue weighted by Gasteiger charge is -2.17. The number of hydrogen-bond acceptors (Lipinski definition) is 5. The van der Waals surface area contributed by atoms with Crippen molar-refractivity contribution in [3.8, 4) is 17.1 Å². The molecule has 1 saturated heterocycles. The first-order valence-corrected chi connectivity index (χ1v) is 8.67. The molecule has 0 bridgehead atoms. The van der Waals surface area contributed by atoms with Crippen molar-refractivity contribution in [2.45, 2.75) is 39.2 Å². The average Bonchev–Trinajstić information content (AvgIpc) is 3.03. The zero-order valence-electron chi connectivity index (χ0n) is 14.4. The second-order valence-electron chi connectivity index (χ2n) is 6.33. The third-order valence-corrected chi connectivity index (χ3v) is 4.26. The molecule has 0 radical (unpaired) electrons. The van der Waals surface area contributed by atoms with Crippen LogP contribution in [0.15, 0.2) is 30.5 Å². The van der Waals surface area contributed by atoms with Crippen molar-refractivity contribution in [1.29, 1.82) is 0 Å². The van der Waals surface area contributed by atoms with Gasteiger partial charge in [-0.15, -0.1) is 0 Å². The number of anilines is 1. The molecule has 3 rings (SSSR count). The monoisotopic (exact) mass is 327 g/mol. The highest BCUT2D eigenvalue weighted by molar-refractivity contribution is 5.66. The fourth-order valence-electron chi connectivity index (χ4n) is 2.88. The fraction of sp³-hybridized carbons (Fsp3) is 0.474. The number of unbranched alkanes of at least 4 members (excludes halogenated alkanes) is 1. The van der Waals surface area contributed by atoms with Crippen LogP contribution < -0.4 is 9.64 Å². The van der Waals surface area contributed by atoms with Crippen LogP contribution in [0.4, 0.5) is 5.82 Å². The topological polar surface area (TPSA) is 58.5 Å². The maximum atomic E-state index is 9.74. The van der Waals surface area contributed by atoms with Gasteiger partial charge >= 0.3 is 0 Å². The van der Waals surface area contributed by atoms with Crippen molar-refractivity contribution in [3.63, 3.8) is 0 Å². The highest BCUT2D eigenvalue weighted by Crippen LogP contribution is 2.30. The van der Waals surface area contributed by atoms with E-state index in [-0.39, 0.29) is 6.10 Å². The molecule has 0 spiro atoms. The van der Waals surface area contributed by atoms with Gasteiger partial charge in [0.15, 0.2) is 5.82 Å². The summed E-state index contributed by atoms with van der Waals surface area (Å²) in [6, 6.07) is 8.01. The van der Waals surface area contributed by atoms with Crippen molar-refractivity contribution in [1.82, 2.24) is 9.97 Å². The van der Waals surface area contributed by atoms with Crippen LogP contribution in [-0.4, -0.2) is 40.9 Å². The molecule has 5 nitrogen and oxygen atoms in total. The first-order chi connectivity index (χ1) is 11.7. The smallest absolute Gasteiger partial charge is 0.165 e. The molecule has 5 heteroatoms. The van der Waals surface area contributed by atoms with Gasteiger partial charge in [-0.1, -0.05) is 25.0 Å². The predicted molar refractivity (Wildman–Crippen MR) is 95.4 cm³/mol. The molecule has 2 heterocycles. The van der Waals surface area contributed by atoms with E-state index in [0.29, 0.717) is 19.0 Å². The molecule has 1 aliphatic rings. The Hall–Kier alpha value is -2.14. The molecule has 128 valence electrons. The highest BCUT2D eigenvalue weighted by Gasteiger charge is 2.22. The quantitative estimate of drug-likeness (QED) is 0.826. The Morgan fingerprint density at radius 3 is 2.96 bits per heavy atom. The van der Waals surface area contributed by atoms with Gasteiger partial charge < -0.3 is 14.7 Å². The van der Waals surface area contributed by atoms with Gasteiger partial charge in [-0.05, 0) is 38.0 Å². The van der Waals surface area contributed by atoms with Crippen molar-refractivity contribution in [3.05, 3.63) is 36.0 Å². The number of ether oxygens (including phenoxy) is 1. The lowest BCUT2D eigenvalue weighted by Crippen LogP contribution is -2.22. The summed E-state index contributed by atoms with van der Waals surface area (Å²) in [4.78, 5) is 11.3. The Morgan fingerprint density at radius 1 is 1.33 bits per heavy atom.